The quantitative estimate of drug-likeness (QED) is 0.561. The number of hydrazine groups is 1. The van der Waals surface area contributed by atoms with Gasteiger partial charge in [-0.1, -0.05) is 6.07 Å². The lowest BCUT2D eigenvalue weighted by Crippen LogP contribution is -2.33. The lowest BCUT2D eigenvalue weighted by atomic mass is 10.1. The van der Waals surface area contributed by atoms with Crippen LogP contribution < -0.4 is 10.6 Å². The molecular weight excluding hydrogens is 334 g/mol. The first-order valence-corrected chi connectivity index (χ1v) is 6.94. The molecule has 0 fully saturated rings. The first-order chi connectivity index (χ1) is 11.9. The number of anilines is 2. The molecule has 0 radical (unpaired) electrons. The van der Waals surface area contributed by atoms with E-state index in [9.17, 15) is 29.9 Å². The second kappa shape index (κ2) is 6.09. The Bertz CT molecular complexity index is 897. The van der Waals surface area contributed by atoms with Crippen LogP contribution in [0, 0.1) is 10.1 Å². The van der Waals surface area contributed by atoms with Crippen LogP contribution in [0.5, 0.6) is 0 Å². The maximum Gasteiger partial charge on any atom is 0.337 e. The van der Waals surface area contributed by atoms with E-state index in [0.29, 0.717) is 5.56 Å². The predicted molar refractivity (Wildman–Crippen MR) is 84.3 cm³/mol. The van der Waals surface area contributed by atoms with E-state index in [1.807, 2.05) is 0 Å². The molecule has 0 saturated carbocycles. The van der Waals surface area contributed by atoms with Crippen LogP contribution in [-0.2, 0) is 11.4 Å². The Morgan fingerprint density at radius 1 is 1.12 bits per heavy atom. The zero-order valence-corrected chi connectivity index (χ0v) is 12.5. The van der Waals surface area contributed by atoms with Gasteiger partial charge in [0.15, 0.2) is 0 Å². The Morgan fingerprint density at radius 3 is 2.48 bits per heavy atom. The summed E-state index contributed by atoms with van der Waals surface area (Å²) < 4.78 is 0. The number of carboxylic acids is 2. The minimum absolute atomic E-state index is 0.0342. The van der Waals surface area contributed by atoms with Gasteiger partial charge in [0, 0.05) is 12.1 Å². The van der Waals surface area contributed by atoms with Gasteiger partial charge >= 0.3 is 11.9 Å². The van der Waals surface area contributed by atoms with Gasteiger partial charge < -0.3 is 10.2 Å². The molecule has 0 unspecified atom stereocenters. The predicted octanol–water partition coefficient (Wildman–Crippen LogP) is 2.27. The Hall–Kier alpha value is -3.66. The minimum atomic E-state index is -1.32. The van der Waals surface area contributed by atoms with Crippen LogP contribution in [0.15, 0.2) is 36.4 Å². The second-order valence-corrected chi connectivity index (χ2v) is 5.13. The average molecular weight is 345 g/mol. The highest BCUT2D eigenvalue weighted by molar-refractivity contribution is 5.97. The molecule has 2 aromatic carbocycles. The Morgan fingerprint density at radius 2 is 1.84 bits per heavy atom. The van der Waals surface area contributed by atoms with Crippen LogP contribution in [-0.4, -0.2) is 27.1 Å². The van der Waals surface area contributed by atoms with Gasteiger partial charge in [-0.05, 0) is 23.8 Å². The minimum Gasteiger partial charge on any atom is -0.478 e. The standard InChI is InChI=1S/C15H11N3O7/c19-14(20)10-3-2-9(18(23)24)6-13(10)17-16-12-4-1-8(7-25-17)5-11(12)15(21)22/h1-6,16H,7H2,(H,19,20)(H,21,22). The SMILES string of the molecule is O=C(O)c1cc2ccc1NN(c1cc([N+](=O)[O-])ccc1C(=O)O)OC2. The Kier molecular flexibility index (Phi) is 3.95. The van der Waals surface area contributed by atoms with Crippen molar-refractivity contribution in [3.8, 4) is 0 Å². The van der Waals surface area contributed by atoms with Crippen molar-refractivity contribution in [2.45, 2.75) is 6.61 Å². The Labute approximate surface area is 139 Å². The van der Waals surface area contributed by atoms with E-state index in [1.165, 1.54) is 12.1 Å². The molecule has 0 saturated heterocycles. The van der Waals surface area contributed by atoms with Gasteiger partial charge in [-0.25, -0.2) is 14.4 Å². The largest absolute Gasteiger partial charge is 0.478 e. The number of aromatic carboxylic acids is 2. The summed E-state index contributed by atoms with van der Waals surface area (Å²) in [4.78, 5) is 38.5. The summed E-state index contributed by atoms with van der Waals surface area (Å²) in [7, 11) is 0. The van der Waals surface area contributed by atoms with Crippen LogP contribution in [0.4, 0.5) is 17.1 Å². The third-order valence-corrected chi connectivity index (χ3v) is 3.54. The normalized spacial score (nSPS) is 12.9. The summed E-state index contributed by atoms with van der Waals surface area (Å²) >= 11 is 0. The number of nitrogens with one attached hydrogen (secondary N) is 1. The highest BCUT2D eigenvalue weighted by Crippen LogP contribution is 2.30. The fraction of sp³-hybridized carbons (Fsp3) is 0.0667. The lowest BCUT2D eigenvalue weighted by Gasteiger charge is -2.29. The van der Waals surface area contributed by atoms with Crippen LogP contribution in [0.2, 0.25) is 0 Å². The van der Waals surface area contributed by atoms with E-state index in [4.69, 9.17) is 4.84 Å². The number of nitro benzene ring substituents is 1. The van der Waals surface area contributed by atoms with Crippen LogP contribution in [0.25, 0.3) is 0 Å². The monoisotopic (exact) mass is 345 g/mol. The molecule has 25 heavy (non-hydrogen) atoms. The molecule has 0 aliphatic carbocycles. The average Bonchev–Trinajstić information content (AvgIpc) is 2.54. The number of carbonyl (C=O) groups is 2. The van der Waals surface area contributed by atoms with Crippen molar-refractivity contribution in [1.29, 1.82) is 0 Å². The Balaban J connectivity index is 2.09. The molecule has 4 rings (SSSR count). The van der Waals surface area contributed by atoms with Gasteiger partial charge in [-0.15, -0.1) is 0 Å². The summed E-state index contributed by atoms with van der Waals surface area (Å²) in [6.45, 7) is -0.0602. The van der Waals surface area contributed by atoms with Crippen molar-refractivity contribution in [2.24, 2.45) is 0 Å². The fourth-order valence-corrected chi connectivity index (χ4v) is 2.35. The van der Waals surface area contributed by atoms with Crippen LogP contribution >= 0.6 is 0 Å². The van der Waals surface area contributed by atoms with Crippen molar-refractivity contribution in [3.63, 3.8) is 0 Å². The zero-order valence-electron chi connectivity index (χ0n) is 12.5. The maximum absolute atomic E-state index is 11.4. The molecule has 0 atom stereocenters. The van der Waals surface area contributed by atoms with E-state index in [-0.39, 0.29) is 34.8 Å². The number of hydrogen-bond acceptors (Lipinski definition) is 7. The molecule has 0 aromatic heterocycles. The molecule has 2 aliphatic rings. The summed E-state index contributed by atoms with van der Waals surface area (Å²) in [5.41, 5.74) is 2.61. The maximum atomic E-state index is 11.4. The van der Waals surface area contributed by atoms with Crippen molar-refractivity contribution in [3.05, 3.63) is 63.2 Å². The van der Waals surface area contributed by atoms with Crippen molar-refractivity contribution >= 4 is 29.0 Å². The molecule has 10 nitrogen and oxygen atoms in total. The first kappa shape index (κ1) is 16.2. The molecule has 2 bridgehead atoms. The smallest absolute Gasteiger partial charge is 0.337 e. The summed E-state index contributed by atoms with van der Waals surface area (Å²) in [5, 5.41) is 30.5. The third-order valence-electron chi connectivity index (χ3n) is 3.54. The number of nitro groups is 1. The number of non-ortho nitro benzene ring substituents is 1. The molecule has 128 valence electrons. The molecule has 10 heteroatoms. The van der Waals surface area contributed by atoms with E-state index in [2.05, 4.69) is 5.43 Å². The topological polar surface area (TPSA) is 142 Å². The molecule has 2 aromatic rings. The van der Waals surface area contributed by atoms with Gasteiger partial charge in [-0.2, -0.15) is 5.17 Å². The molecule has 3 N–H and O–H groups in total. The first-order valence-electron chi connectivity index (χ1n) is 6.94. The molecule has 0 spiro atoms. The lowest BCUT2D eigenvalue weighted by molar-refractivity contribution is -0.384. The van der Waals surface area contributed by atoms with Gasteiger partial charge in [0.1, 0.15) is 12.3 Å². The van der Waals surface area contributed by atoms with E-state index in [1.54, 1.807) is 6.07 Å². The highest BCUT2D eigenvalue weighted by Gasteiger charge is 2.24. The van der Waals surface area contributed by atoms with Crippen molar-refractivity contribution in [1.82, 2.24) is 0 Å². The van der Waals surface area contributed by atoms with E-state index < -0.39 is 16.9 Å². The molecular formula is C15H11N3O7. The molecule has 2 aliphatic heterocycles. The van der Waals surface area contributed by atoms with E-state index >= 15 is 0 Å². The third kappa shape index (κ3) is 3.05. The van der Waals surface area contributed by atoms with Crippen LogP contribution in [0.1, 0.15) is 26.3 Å². The summed E-state index contributed by atoms with van der Waals surface area (Å²) in [5.74, 6) is -2.49. The summed E-state index contributed by atoms with van der Waals surface area (Å²) in [6.07, 6.45) is 0. The van der Waals surface area contributed by atoms with Crippen molar-refractivity contribution in [2.75, 3.05) is 10.6 Å². The van der Waals surface area contributed by atoms with Gasteiger partial charge in [0.2, 0.25) is 0 Å². The number of benzene rings is 2. The van der Waals surface area contributed by atoms with Gasteiger partial charge in [0.05, 0.1) is 21.7 Å². The fourth-order valence-electron chi connectivity index (χ4n) is 2.35. The number of rotatable bonds is 4. The second-order valence-electron chi connectivity index (χ2n) is 5.13. The number of hydrogen-bond donors (Lipinski definition) is 3. The van der Waals surface area contributed by atoms with Gasteiger partial charge in [-0.3, -0.25) is 15.5 Å². The highest BCUT2D eigenvalue weighted by atomic mass is 16.7. The molecule has 0 amide bonds. The zero-order chi connectivity index (χ0) is 18.1. The molecule has 2 heterocycles. The summed E-state index contributed by atoms with van der Waals surface area (Å²) in [6, 6.07) is 7.76. The number of nitrogens with zero attached hydrogens (tertiary/aromatic N) is 2. The number of fused-ring (bicyclic) bond motifs is 5. The number of carboxylic acid groups (broad SMARTS) is 2. The van der Waals surface area contributed by atoms with Crippen molar-refractivity contribution < 1.29 is 29.6 Å². The van der Waals surface area contributed by atoms with Crippen LogP contribution in [0.3, 0.4) is 0 Å². The van der Waals surface area contributed by atoms with Gasteiger partial charge in [0.25, 0.3) is 5.69 Å². The van der Waals surface area contributed by atoms with E-state index in [0.717, 1.165) is 23.4 Å².